The molecule has 0 saturated carbocycles. The van der Waals surface area contributed by atoms with E-state index in [4.69, 9.17) is 9.47 Å². The molecule has 18 heavy (non-hydrogen) atoms. The molecule has 3 heteroatoms. The number of hydrogen-bond donors (Lipinski definition) is 1. The molecule has 0 fully saturated rings. The van der Waals surface area contributed by atoms with E-state index in [2.05, 4.69) is 6.92 Å². The van der Waals surface area contributed by atoms with Gasteiger partial charge in [0.05, 0.1) is 12.7 Å². The third-order valence-electron chi connectivity index (χ3n) is 2.75. The summed E-state index contributed by atoms with van der Waals surface area (Å²) in [5.74, 6) is 0.754. The molecule has 0 unspecified atom stereocenters. The molecule has 0 aliphatic carbocycles. The van der Waals surface area contributed by atoms with Crippen molar-refractivity contribution < 1.29 is 14.6 Å². The smallest absolute Gasteiger partial charge is 0.125 e. The lowest BCUT2D eigenvalue weighted by Crippen LogP contribution is -2.09. The van der Waals surface area contributed by atoms with Gasteiger partial charge < -0.3 is 14.6 Å². The Morgan fingerprint density at radius 2 is 2.00 bits per heavy atom. The van der Waals surface area contributed by atoms with E-state index in [9.17, 15) is 5.11 Å². The molecule has 1 atom stereocenters. The molecule has 3 nitrogen and oxygen atoms in total. The first kappa shape index (κ1) is 15.0. The van der Waals surface area contributed by atoms with E-state index >= 15 is 0 Å². The van der Waals surface area contributed by atoms with E-state index in [-0.39, 0.29) is 0 Å². The molecule has 1 aromatic carbocycles. The zero-order valence-electron chi connectivity index (χ0n) is 11.6. The summed E-state index contributed by atoms with van der Waals surface area (Å²) in [5, 5.41) is 9.66. The van der Waals surface area contributed by atoms with E-state index in [1.165, 1.54) is 0 Å². The van der Waals surface area contributed by atoms with Crippen LogP contribution in [0.4, 0.5) is 0 Å². The molecule has 0 spiro atoms. The van der Waals surface area contributed by atoms with Gasteiger partial charge in [0.2, 0.25) is 0 Å². The van der Waals surface area contributed by atoms with Crippen molar-refractivity contribution >= 4 is 0 Å². The quantitative estimate of drug-likeness (QED) is 0.722. The third-order valence-corrected chi connectivity index (χ3v) is 2.75. The van der Waals surface area contributed by atoms with Gasteiger partial charge in [-0.25, -0.2) is 0 Å². The summed E-state index contributed by atoms with van der Waals surface area (Å²) < 4.78 is 11.1. The Balaban J connectivity index is 2.43. The van der Waals surface area contributed by atoms with Crippen LogP contribution in [0.15, 0.2) is 18.2 Å². The first-order chi connectivity index (χ1) is 8.65. The monoisotopic (exact) mass is 252 g/mol. The molecular formula is C15H24O3. The van der Waals surface area contributed by atoms with Crippen LogP contribution in [0.2, 0.25) is 0 Å². The fraction of sp³-hybridized carbons (Fsp3) is 0.600. The van der Waals surface area contributed by atoms with Gasteiger partial charge in [0.15, 0.2) is 0 Å². The molecule has 0 heterocycles. The number of aliphatic hydroxyl groups is 1. The lowest BCUT2D eigenvalue weighted by molar-refractivity contribution is 0.0962. The Bertz CT molecular complexity index is 348. The molecule has 0 aliphatic heterocycles. The maximum atomic E-state index is 9.66. The Kier molecular flexibility index (Phi) is 6.76. The predicted octanol–water partition coefficient (Wildman–Crippen LogP) is 3.24. The van der Waals surface area contributed by atoms with E-state index in [1.807, 2.05) is 25.1 Å². The van der Waals surface area contributed by atoms with Crippen LogP contribution >= 0.6 is 0 Å². The Hall–Kier alpha value is -1.06. The van der Waals surface area contributed by atoms with E-state index in [0.29, 0.717) is 13.2 Å². The second-order valence-corrected chi connectivity index (χ2v) is 4.53. The largest absolute Gasteiger partial charge is 0.491 e. The predicted molar refractivity (Wildman–Crippen MR) is 73.0 cm³/mol. The SMILES string of the molecule is CCCCOCCOc1cc(C)ccc1[C@H](C)O. The van der Waals surface area contributed by atoms with Crippen LogP contribution in [0.3, 0.4) is 0 Å². The summed E-state index contributed by atoms with van der Waals surface area (Å²) in [6, 6.07) is 5.84. The highest BCUT2D eigenvalue weighted by Gasteiger charge is 2.09. The first-order valence-electron chi connectivity index (χ1n) is 6.64. The lowest BCUT2D eigenvalue weighted by Gasteiger charge is -2.14. The fourth-order valence-electron chi connectivity index (χ4n) is 1.67. The molecule has 0 amide bonds. The number of unbranched alkanes of at least 4 members (excludes halogenated alkanes) is 1. The van der Waals surface area contributed by atoms with Crippen molar-refractivity contribution in [2.45, 2.75) is 39.7 Å². The molecule has 0 aromatic heterocycles. The second kappa shape index (κ2) is 8.11. The van der Waals surface area contributed by atoms with Gasteiger partial charge in [-0.05, 0) is 31.9 Å². The number of hydrogen-bond acceptors (Lipinski definition) is 3. The van der Waals surface area contributed by atoms with Crippen molar-refractivity contribution in [2.75, 3.05) is 19.8 Å². The van der Waals surface area contributed by atoms with Gasteiger partial charge in [-0.1, -0.05) is 25.5 Å². The highest BCUT2D eigenvalue weighted by atomic mass is 16.5. The summed E-state index contributed by atoms with van der Waals surface area (Å²) in [7, 11) is 0. The number of rotatable bonds is 8. The number of ether oxygens (including phenoxy) is 2. The topological polar surface area (TPSA) is 38.7 Å². The first-order valence-corrected chi connectivity index (χ1v) is 6.64. The van der Waals surface area contributed by atoms with E-state index in [1.54, 1.807) is 6.92 Å². The van der Waals surface area contributed by atoms with Crippen LogP contribution in [0.25, 0.3) is 0 Å². The van der Waals surface area contributed by atoms with Gasteiger partial charge in [0.25, 0.3) is 0 Å². The molecular weight excluding hydrogens is 228 g/mol. The lowest BCUT2D eigenvalue weighted by atomic mass is 10.1. The normalized spacial score (nSPS) is 12.4. The zero-order chi connectivity index (χ0) is 13.4. The zero-order valence-corrected chi connectivity index (χ0v) is 11.6. The molecule has 1 aromatic rings. The van der Waals surface area contributed by atoms with E-state index in [0.717, 1.165) is 36.3 Å². The molecule has 1 N–H and O–H groups in total. The van der Waals surface area contributed by atoms with Crippen LogP contribution in [0.5, 0.6) is 5.75 Å². The standard InChI is InChI=1S/C15H24O3/c1-4-5-8-17-9-10-18-15-11-12(2)6-7-14(15)13(3)16/h6-7,11,13,16H,4-5,8-10H2,1-3H3/t13-/m0/s1. The van der Waals surface area contributed by atoms with Gasteiger partial charge >= 0.3 is 0 Å². The van der Waals surface area contributed by atoms with Crippen molar-refractivity contribution in [2.24, 2.45) is 0 Å². The highest BCUT2D eigenvalue weighted by molar-refractivity contribution is 5.38. The second-order valence-electron chi connectivity index (χ2n) is 4.53. The minimum absolute atomic E-state index is 0.512. The third kappa shape index (κ3) is 5.07. The minimum Gasteiger partial charge on any atom is -0.491 e. The molecule has 0 saturated heterocycles. The van der Waals surface area contributed by atoms with Crippen molar-refractivity contribution in [1.29, 1.82) is 0 Å². The number of aliphatic hydroxyl groups excluding tert-OH is 1. The van der Waals surface area contributed by atoms with Crippen LogP contribution in [-0.4, -0.2) is 24.9 Å². The van der Waals surface area contributed by atoms with Gasteiger partial charge in [0.1, 0.15) is 12.4 Å². The van der Waals surface area contributed by atoms with Crippen molar-refractivity contribution in [1.82, 2.24) is 0 Å². The molecule has 1 rings (SSSR count). The number of benzene rings is 1. The van der Waals surface area contributed by atoms with Gasteiger partial charge in [-0.15, -0.1) is 0 Å². The average Bonchev–Trinajstić information content (AvgIpc) is 2.33. The van der Waals surface area contributed by atoms with Crippen molar-refractivity contribution in [3.05, 3.63) is 29.3 Å². The van der Waals surface area contributed by atoms with Gasteiger partial charge in [-0.3, -0.25) is 0 Å². The maximum Gasteiger partial charge on any atom is 0.125 e. The summed E-state index contributed by atoms with van der Waals surface area (Å²) in [4.78, 5) is 0. The van der Waals surface area contributed by atoms with Crippen LogP contribution in [-0.2, 0) is 4.74 Å². The van der Waals surface area contributed by atoms with Gasteiger partial charge in [0, 0.05) is 12.2 Å². The van der Waals surface area contributed by atoms with E-state index < -0.39 is 6.10 Å². The Morgan fingerprint density at radius 1 is 1.22 bits per heavy atom. The molecule has 102 valence electrons. The van der Waals surface area contributed by atoms with Crippen LogP contribution in [0, 0.1) is 6.92 Å². The average molecular weight is 252 g/mol. The fourth-order valence-corrected chi connectivity index (χ4v) is 1.67. The Morgan fingerprint density at radius 3 is 2.67 bits per heavy atom. The summed E-state index contributed by atoms with van der Waals surface area (Å²) in [6.07, 6.45) is 1.72. The summed E-state index contributed by atoms with van der Waals surface area (Å²) in [5.41, 5.74) is 1.95. The van der Waals surface area contributed by atoms with Crippen LogP contribution in [0.1, 0.15) is 43.9 Å². The minimum atomic E-state index is -0.512. The summed E-state index contributed by atoms with van der Waals surface area (Å²) in [6.45, 7) is 7.80. The molecule has 0 bridgehead atoms. The van der Waals surface area contributed by atoms with Gasteiger partial charge in [-0.2, -0.15) is 0 Å². The van der Waals surface area contributed by atoms with Crippen molar-refractivity contribution in [3.63, 3.8) is 0 Å². The molecule has 0 aliphatic rings. The highest BCUT2D eigenvalue weighted by Crippen LogP contribution is 2.26. The molecule has 0 radical (unpaired) electrons. The summed E-state index contributed by atoms with van der Waals surface area (Å²) >= 11 is 0. The Labute approximate surface area is 110 Å². The maximum absolute atomic E-state index is 9.66. The van der Waals surface area contributed by atoms with Crippen LogP contribution < -0.4 is 4.74 Å². The van der Waals surface area contributed by atoms with Crippen molar-refractivity contribution in [3.8, 4) is 5.75 Å². The number of aryl methyl sites for hydroxylation is 1.